The van der Waals surface area contributed by atoms with Gasteiger partial charge in [-0.15, -0.1) is 0 Å². The van der Waals surface area contributed by atoms with Crippen molar-refractivity contribution in [2.45, 2.75) is 63.3 Å². The number of nitrogens with zero attached hydrogens (tertiary/aromatic N) is 2. The van der Waals surface area contributed by atoms with Crippen LogP contribution in [0.2, 0.25) is 0 Å². The van der Waals surface area contributed by atoms with Crippen molar-refractivity contribution in [2.75, 3.05) is 5.32 Å². The van der Waals surface area contributed by atoms with Gasteiger partial charge in [-0.3, -0.25) is 4.79 Å². The summed E-state index contributed by atoms with van der Waals surface area (Å²) in [6.45, 7) is 0.744. The van der Waals surface area contributed by atoms with E-state index in [1.807, 2.05) is 0 Å². The van der Waals surface area contributed by atoms with Crippen molar-refractivity contribution >= 4 is 21.6 Å². The number of hydrogen-bond acceptors (Lipinski definition) is 4. The van der Waals surface area contributed by atoms with Crippen LogP contribution in [0.15, 0.2) is 15.5 Å². The quantitative estimate of drug-likeness (QED) is 0.903. The van der Waals surface area contributed by atoms with E-state index < -0.39 is 0 Å². The van der Waals surface area contributed by atoms with Gasteiger partial charge in [0.2, 0.25) is 0 Å². The molecule has 3 atom stereocenters. The summed E-state index contributed by atoms with van der Waals surface area (Å²) in [7, 11) is 0. The van der Waals surface area contributed by atoms with Gasteiger partial charge in [0.25, 0.3) is 5.56 Å². The van der Waals surface area contributed by atoms with Crippen molar-refractivity contribution in [3.63, 3.8) is 0 Å². The second-order valence-electron chi connectivity index (χ2n) is 6.51. The maximum Gasteiger partial charge on any atom is 0.291 e. The maximum absolute atomic E-state index is 12.6. The van der Waals surface area contributed by atoms with E-state index in [0.29, 0.717) is 17.7 Å². The lowest BCUT2D eigenvalue weighted by Crippen LogP contribution is -2.36. The second kappa shape index (κ2) is 5.39. The minimum atomic E-state index is -0.0148. The molecular formula is C15H20BrN3O2. The Labute approximate surface area is 132 Å². The number of fused-ring (bicyclic) bond motifs is 2. The molecule has 0 aromatic carbocycles. The highest BCUT2D eigenvalue weighted by Gasteiger charge is 2.41. The highest BCUT2D eigenvalue weighted by atomic mass is 79.9. The third-order valence-electron chi connectivity index (χ3n) is 5.09. The lowest BCUT2D eigenvalue weighted by atomic mass is 9.85. The molecule has 3 fully saturated rings. The topological polar surface area (TPSA) is 56.1 Å². The highest BCUT2D eigenvalue weighted by molar-refractivity contribution is 9.10. The van der Waals surface area contributed by atoms with E-state index in [-0.39, 0.29) is 17.7 Å². The van der Waals surface area contributed by atoms with Crippen LogP contribution in [0, 0.1) is 5.92 Å². The molecule has 0 spiro atoms. The Bertz CT molecular complexity index is 599. The first-order chi connectivity index (χ1) is 10.2. The van der Waals surface area contributed by atoms with Gasteiger partial charge in [0.1, 0.15) is 5.69 Å². The molecule has 6 heteroatoms. The molecule has 1 aromatic rings. The third kappa shape index (κ3) is 2.52. The van der Waals surface area contributed by atoms with E-state index in [2.05, 4.69) is 26.3 Å². The normalized spacial score (nSPS) is 31.4. The highest BCUT2D eigenvalue weighted by Crippen LogP contribution is 2.36. The molecule has 2 saturated heterocycles. The summed E-state index contributed by atoms with van der Waals surface area (Å²) in [4.78, 5) is 12.6. The number of anilines is 1. The summed E-state index contributed by atoms with van der Waals surface area (Å²) >= 11 is 3.46. The molecule has 0 amide bonds. The van der Waals surface area contributed by atoms with Crippen LogP contribution >= 0.6 is 15.9 Å². The van der Waals surface area contributed by atoms with E-state index >= 15 is 0 Å². The maximum atomic E-state index is 12.6. The second-order valence-corrected chi connectivity index (χ2v) is 7.37. The molecule has 21 heavy (non-hydrogen) atoms. The third-order valence-corrected chi connectivity index (χ3v) is 5.69. The summed E-state index contributed by atoms with van der Waals surface area (Å²) in [5.41, 5.74) is 0.629. The summed E-state index contributed by atoms with van der Waals surface area (Å²) in [5, 5.41) is 7.68. The molecular weight excluding hydrogens is 334 g/mol. The molecule has 5 nitrogen and oxygen atoms in total. The minimum absolute atomic E-state index is 0.0148. The largest absolute Gasteiger partial charge is 0.374 e. The number of rotatable bonds is 4. The predicted octanol–water partition coefficient (Wildman–Crippen LogP) is 2.54. The Morgan fingerprint density at radius 3 is 2.86 bits per heavy atom. The summed E-state index contributed by atoms with van der Waals surface area (Å²) in [6, 6.07) is 0.257. The van der Waals surface area contributed by atoms with Crippen molar-refractivity contribution in [3.8, 4) is 0 Å². The van der Waals surface area contributed by atoms with Crippen LogP contribution in [0.5, 0.6) is 0 Å². The molecule has 3 heterocycles. The summed E-state index contributed by atoms with van der Waals surface area (Å²) in [5.74, 6) is 0.620. The Hall–Kier alpha value is -0.880. The van der Waals surface area contributed by atoms with Crippen LogP contribution in [0.1, 0.15) is 38.5 Å². The standard InChI is InChI=1S/C15H20BrN3O2/c16-11-7-17-19(8-9-2-1-3-9)15(20)14(11)18-12-6-10-4-5-13(12)21-10/h7,9-10,12-13,18H,1-6,8H2. The Balaban J connectivity index is 1.55. The monoisotopic (exact) mass is 353 g/mol. The average Bonchev–Trinajstić information content (AvgIpc) is 3.03. The summed E-state index contributed by atoms with van der Waals surface area (Å²) in [6.07, 6.45) is 9.34. The van der Waals surface area contributed by atoms with Crippen molar-refractivity contribution in [1.29, 1.82) is 0 Å². The molecule has 3 aliphatic rings. The predicted molar refractivity (Wildman–Crippen MR) is 83.5 cm³/mol. The first-order valence-corrected chi connectivity index (χ1v) is 8.67. The zero-order chi connectivity index (χ0) is 14.4. The van der Waals surface area contributed by atoms with Gasteiger partial charge in [-0.25, -0.2) is 4.68 Å². The smallest absolute Gasteiger partial charge is 0.291 e. The lowest BCUT2D eigenvalue weighted by Gasteiger charge is -2.26. The number of nitrogens with one attached hydrogen (secondary N) is 1. The molecule has 1 N–H and O–H groups in total. The molecule has 4 rings (SSSR count). The van der Waals surface area contributed by atoms with Crippen molar-refractivity contribution in [2.24, 2.45) is 5.92 Å². The van der Waals surface area contributed by atoms with E-state index in [1.54, 1.807) is 10.9 Å². The van der Waals surface area contributed by atoms with Gasteiger partial charge in [-0.1, -0.05) is 6.42 Å². The van der Waals surface area contributed by atoms with Crippen LogP contribution in [0.3, 0.4) is 0 Å². The van der Waals surface area contributed by atoms with Gasteiger partial charge >= 0.3 is 0 Å². The minimum Gasteiger partial charge on any atom is -0.374 e. The van der Waals surface area contributed by atoms with Crippen LogP contribution in [0.4, 0.5) is 5.69 Å². The van der Waals surface area contributed by atoms with E-state index in [0.717, 1.165) is 30.3 Å². The van der Waals surface area contributed by atoms with Crippen LogP contribution in [-0.2, 0) is 11.3 Å². The molecule has 114 valence electrons. The van der Waals surface area contributed by atoms with E-state index in [4.69, 9.17) is 4.74 Å². The van der Waals surface area contributed by atoms with Gasteiger partial charge in [0.15, 0.2) is 0 Å². The van der Waals surface area contributed by atoms with Crippen molar-refractivity contribution in [1.82, 2.24) is 9.78 Å². The molecule has 1 aliphatic carbocycles. The number of aromatic nitrogens is 2. The van der Waals surface area contributed by atoms with Gasteiger partial charge in [0, 0.05) is 6.54 Å². The van der Waals surface area contributed by atoms with Gasteiger partial charge in [-0.2, -0.15) is 5.10 Å². The van der Waals surface area contributed by atoms with Gasteiger partial charge in [0.05, 0.1) is 28.9 Å². The molecule has 2 aliphatic heterocycles. The Morgan fingerprint density at radius 2 is 2.24 bits per heavy atom. The van der Waals surface area contributed by atoms with Crippen LogP contribution in [0.25, 0.3) is 0 Å². The fourth-order valence-corrected chi connectivity index (χ4v) is 4.00. The molecule has 1 aromatic heterocycles. The van der Waals surface area contributed by atoms with Crippen molar-refractivity contribution in [3.05, 3.63) is 21.0 Å². The number of ether oxygens (including phenoxy) is 1. The fraction of sp³-hybridized carbons (Fsp3) is 0.733. The molecule has 1 saturated carbocycles. The Morgan fingerprint density at radius 1 is 1.38 bits per heavy atom. The molecule has 2 bridgehead atoms. The lowest BCUT2D eigenvalue weighted by molar-refractivity contribution is 0.102. The first-order valence-electron chi connectivity index (χ1n) is 7.88. The molecule has 0 radical (unpaired) electrons. The van der Waals surface area contributed by atoms with Crippen LogP contribution < -0.4 is 10.9 Å². The fourth-order valence-electron chi connectivity index (χ4n) is 3.62. The SMILES string of the molecule is O=c1c(NC2CC3CCC2O3)c(Br)cnn1CC1CCC1. The van der Waals surface area contributed by atoms with E-state index in [9.17, 15) is 4.79 Å². The van der Waals surface area contributed by atoms with Crippen LogP contribution in [-0.4, -0.2) is 28.0 Å². The molecule has 3 unspecified atom stereocenters. The summed E-state index contributed by atoms with van der Waals surface area (Å²) < 4.78 is 8.22. The number of hydrogen-bond donors (Lipinski definition) is 1. The zero-order valence-corrected chi connectivity index (χ0v) is 13.5. The first kappa shape index (κ1) is 13.8. The number of halogens is 1. The zero-order valence-electron chi connectivity index (χ0n) is 11.9. The van der Waals surface area contributed by atoms with Gasteiger partial charge < -0.3 is 10.1 Å². The van der Waals surface area contributed by atoms with E-state index in [1.165, 1.54) is 19.3 Å². The Kier molecular flexibility index (Phi) is 3.53. The average molecular weight is 354 g/mol. The van der Waals surface area contributed by atoms with Gasteiger partial charge in [-0.05, 0) is 54.0 Å². The van der Waals surface area contributed by atoms with Crippen molar-refractivity contribution < 1.29 is 4.74 Å².